The molecule has 0 saturated carbocycles. The molecule has 0 spiro atoms. The Balaban J connectivity index is 2.22. The van der Waals surface area contributed by atoms with Crippen molar-refractivity contribution in [3.05, 3.63) is 29.3 Å². The van der Waals surface area contributed by atoms with Crippen LogP contribution in [0.3, 0.4) is 0 Å². The van der Waals surface area contributed by atoms with E-state index in [9.17, 15) is 5.11 Å². The second-order valence-corrected chi connectivity index (χ2v) is 5.03. The van der Waals surface area contributed by atoms with E-state index in [4.69, 9.17) is 14.9 Å². The normalized spacial score (nSPS) is 21.6. The molecule has 0 aromatic heterocycles. The van der Waals surface area contributed by atoms with Crippen molar-refractivity contribution in [2.24, 2.45) is 0 Å². The van der Waals surface area contributed by atoms with E-state index in [2.05, 4.69) is 6.92 Å². The van der Waals surface area contributed by atoms with E-state index in [0.717, 1.165) is 23.3 Å². The van der Waals surface area contributed by atoms with Gasteiger partial charge in [0.2, 0.25) is 0 Å². The molecule has 0 aliphatic carbocycles. The summed E-state index contributed by atoms with van der Waals surface area (Å²) in [5.41, 5.74) is 1.95. The summed E-state index contributed by atoms with van der Waals surface area (Å²) in [6.45, 7) is 3.23. The van der Waals surface area contributed by atoms with Crippen molar-refractivity contribution in [3.63, 3.8) is 0 Å². The van der Waals surface area contributed by atoms with Crippen LogP contribution < -0.4 is 4.74 Å². The topological polar surface area (TPSA) is 73.2 Å². The maximum absolute atomic E-state index is 10.6. The minimum absolute atomic E-state index is 0.00885. The van der Waals surface area contributed by atoms with Crippen LogP contribution in [0.25, 0.3) is 0 Å². The highest BCUT2D eigenvalue weighted by molar-refractivity contribution is 5.41. The third-order valence-corrected chi connectivity index (χ3v) is 3.82. The molecule has 3 N–H and O–H groups in total. The zero-order valence-electron chi connectivity index (χ0n) is 11.8. The molecule has 5 heteroatoms. The number of rotatable bonds is 6. The first-order valence-electron chi connectivity index (χ1n) is 7.10. The summed E-state index contributed by atoms with van der Waals surface area (Å²) in [5, 5.41) is 28.8. The first-order chi connectivity index (χ1) is 9.71. The van der Waals surface area contributed by atoms with Crippen LogP contribution in [0.1, 0.15) is 24.2 Å². The fourth-order valence-electron chi connectivity index (χ4n) is 2.66. The smallest absolute Gasteiger partial charge is 0.125 e. The summed E-state index contributed by atoms with van der Waals surface area (Å²) in [4.78, 5) is 1.87. The molecule has 1 aromatic carbocycles. The Morgan fingerprint density at radius 1 is 1.25 bits per heavy atom. The molecule has 20 heavy (non-hydrogen) atoms. The number of fused-ring (bicyclic) bond motifs is 1. The van der Waals surface area contributed by atoms with Crippen LogP contribution in [0.4, 0.5) is 0 Å². The van der Waals surface area contributed by atoms with Gasteiger partial charge in [-0.2, -0.15) is 0 Å². The minimum Gasteiger partial charge on any atom is -0.491 e. The zero-order chi connectivity index (χ0) is 14.5. The molecule has 2 atom stereocenters. The van der Waals surface area contributed by atoms with Crippen LogP contribution in [-0.2, 0) is 6.42 Å². The molecule has 0 radical (unpaired) electrons. The van der Waals surface area contributed by atoms with Gasteiger partial charge in [-0.25, -0.2) is 0 Å². The second-order valence-electron chi connectivity index (χ2n) is 5.03. The van der Waals surface area contributed by atoms with Crippen molar-refractivity contribution in [2.75, 3.05) is 32.9 Å². The van der Waals surface area contributed by atoms with E-state index in [1.807, 2.05) is 23.1 Å². The van der Waals surface area contributed by atoms with Gasteiger partial charge in [0.05, 0.1) is 19.3 Å². The molecule has 1 heterocycles. The number of aryl methyl sites for hydroxylation is 1. The number of aliphatic hydroxyl groups excluding tert-OH is 3. The molecule has 1 aliphatic rings. The molecule has 5 nitrogen and oxygen atoms in total. The van der Waals surface area contributed by atoms with Crippen molar-refractivity contribution in [1.29, 1.82) is 0 Å². The number of benzene rings is 1. The van der Waals surface area contributed by atoms with Crippen LogP contribution >= 0.6 is 0 Å². The van der Waals surface area contributed by atoms with E-state index in [-0.39, 0.29) is 19.3 Å². The Hall–Kier alpha value is -1.14. The quantitative estimate of drug-likeness (QED) is 0.701. The third-order valence-electron chi connectivity index (χ3n) is 3.82. The van der Waals surface area contributed by atoms with Gasteiger partial charge in [0.25, 0.3) is 0 Å². The highest BCUT2D eigenvalue weighted by atomic mass is 16.5. The third kappa shape index (κ3) is 3.12. The van der Waals surface area contributed by atoms with E-state index in [0.29, 0.717) is 19.7 Å². The Morgan fingerprint density at radius 3 is 2.55 bits per heavy atom. The van der Waals surface area contributed by atoms with E-state index < -0.39 is 6.10 Å². The van der Waals surface area contributed by atoms with Crippen molar-refractivity contribution < 1.29 is 20.1 Å². The van der Waals surface area contributed by atoms with Crippen LogP contribution in [0.15, 0.2) is 18.2 Å². The lowest BCUT2D eigenvalue weighted by Gasteiger charge is -2.38. The van der Waals surface area contributed by atoms with Crippen LogP contribution in [0.2, 0.25) is 0 Å². The average Bonchev–Trinajstić information content (AvgIpc) is 2.47. The second kappa shape index (κ2) is 7.04. The van der Waals surface area contributed by atoms with Gasteiger partial charge < -0.3 is 20.1 Å². The van der Waals surface area contributed by atoms with Gasteiger partial charge >= 0.3 is 0 Å². The lowest BCUT2D eigenvalue weighted by molar-refractivity contribution is -0.00867. The van der Waals surface area contributed by atoms with Gasteiger partial charge in [0.15, 0.2) is 0 Å². The summed E-state index contributed by atoms with van der Waals surface area (Å²) < 4.78 is 5.71. The van der Waals surface area contributed by atoms with Gasteiger partial charge in [-0.3, -0.25) is 4.90 Å². The maximum atomic E-state index is 10.6. The van der Waals surface area contributed by atoms with Gasteiger partial charge in [-0.1, -0.05) is 13.0 Å². The van der Waals surface area contributed by atoms with Crippen molar-refractivity contribution in [3.8, 4) is 5.75 Å². The summed E-state index contributed by atoms with van der Waals surface area (Å²) in [6.07, 6.45) is 0.241. The largest absolute Gasteiger partial charge is 0.491 e. The zero-order valence-corrected chi connectivity index (χ0v) is 11.8. The molecule has 0 fully saturated rings. The molecular formula is C15H23NO4. The predicted octanol–water partition coefficient (Wildman–Crippen LogP) is 0.330. The minimum atomic E-state index is -0.664. The highest BCUT2D eigenvalue weighted by Crippen LogP contribution is 2.35. The van der Waals surface area contributed by atoms with E-state index >= 15 is 0 Å². The SMILES string of the molecule is CCc1ccc2c(c1)C(O)C(N(CCO)CCO)CO2. The molecule has 0 bridgehead atoms. The van der Waals surface area contributed by atoms with Crippen molar-refractivity contribution in [1.82, 2.24) is 4.90 Å². The molecule has 0 saturated heterocycles. The van der Waals surface area contributed by atoms with Gasteiger partial charge in [0, 0.05) is 18.7 Å². The summed E-state index contributed by atoms with van der Waals surface area (Å²) in [5.74, 6) is 0.721. The molecular weight excluding hydrogens is 258 g/mol. The van der Waals surface area contributed by atoms with E-state index in [1.54, 1.807) is 0 Å². The van der Waals surface area contributed by atoms with Gasteiger partial charge in [-0.15, -0.1) is 0 Å². The summed E-state index contributed by atoms with van der Waals surface area (Å²) >= 11 is 0. The van der Waals surface area contributed by atoms with Crippen LogP contribution in [0, 0.1) is 0 Å². The van der Waals surface area contributed by atoms with Gasteiger partial charge in [0.1, 0.15) is 18.5 Å². The fourth-order valence-corrected chi connectivity index (χ4v) is 2.66. The first kappa shape index (κ1) is 15.3. The molecule has 0 amide bonds. The maximum Gasteiger partial charge on any atom is 0.125 e. The lowest BCUT2D eigenvalue weighted by atomic mass is 9.95. The number of aliphatic hydroxyl groups is 3. The number of hydrogen-bond acceptors (Lipinski definition) is 5. The van der Waals surface area contributed by atoms with Gasteiger partial charge in [-0.05, 0) is 24.1 Å². The van der Waals surface area contributed by atoms with Crippen LogP contribution in [0.5, 0.6) is 5.75 Å². The summed E-state index contributed by atoms with van der Waals surface area (Å²) in [7, 11) is 0. The predicted molar refractivity (Wildman–Crippen MR) is 75.8 cm³/mol. The van der Waals surface area contributed by atoms with Crippen molar-refractivity contribution >= 4 is 0 Å². The monoisotopic (exact) mass is 281 g/mol. The Labute approximate surface area is 119 Å². The fraction of sp³-hybridized carbons (Fsp3) is 0.600. The average molecular weight is 281 g/mol. The molecule has 2 unspecified atom stereocenters. The number of nitrogens with zero attached hydrogens (tertiary/aromatic N) is 1. The molecule has 1 aliphatic heterocycles. The van der Waals surface area contributed by atoms with E-state index in [1.165, 1.54) is 0 Å². The molecule has 2 rings (SSSR count). The highest BCUT2D eigenvalue weighted by Gasteiger charge is 2.33. The lowest BCUT2D eigenvalue weighted by Crippen LogP contribution is -2.48. The Kier molecular flexibility index (Phi) is 5.37. The summed E-state index contributed by atoms with van der Waals surface area (Å²) in [6, 6.07) is 5.64. The standard InChI is InChI=1S/C15H23NO4/c1-2-11-3-4-14-12(9-11)15(19)13(10-20-14)16(5-7-17)6-8-18/h3-4,9,13,15,17-19H,2,5-8,10H2,1H3. The molecule has 112 valence electrons. The Morgan fingerprint density at radius 2 is 1.95 bits per heavy atom. The first-order valence-corrected chi connectivity index (χ1v) is 7.10. The number of ether oxygens (including phenoxy) is 1. The Bertz CT molecular complexity index is 432. The molecule has 1 aromatic rings. The van der Waals surface area contributed by atoms with Crippen molar-refractivity contribution in [2.45, 2.75) is 25.5 Å². The van der Waals surface area contributed by atoms with Crippen LogP contribution in [-0.4, -0.2) is 59.2 Å². The number of hydrogen-bond donors (Lipinski definition) is 3.